The van der Waals surface area contributed by atoms with E-state index in [4.69, 9.17) is 0 Å². The lowest BCUT2D eigenvalue weighted by Gasteiger charge is -2.35. The van der Waals surface area contributed by atoms with Crippen molar-refractivity contribution in [2.75, 3.05) is 6.54 Å². The van der Waals surface area contributed by atoms with Gasteiger partial charge in [0.05, 0.1) is 11.0 Å². The third-order valence-electron chi connectivity index (χ3n) is 7.04. The monoisotopic (exact) mass is 394 g/mol. The Labute approximate surface area is 176 Å². The van der Waals surface area contributed by atoms with Crippen LogP contribution in [0.1, 0.15) is 47.3 Å². The van der Waals surface area contributed by atoms with Crippen LogP contribution in [0.2, 0.25) is 0 Å². The van der Waals surface area contributed by atoms with E-state index in [1.165, 1.54) is 33.0 Å². The second-order valence-electron chi connectivity index (χ2n) is 9.54. The first kappa shape index (κ1) is 17.9. The first-order chi connectivity index (χ1) is 14.5. The molecule has 3 aromatic carbocycles. The van der Waals surface area contributed by atoms with E-state index >= 15 is 0 Å². The van der Waals surface area contributed by atoms with E-state index in [1.54, 1.807) is 0 Å². The van der Waals surface area contributed by atoms with Crippen molar-refractivity contribution in [3.63, 3.8) is 0 Å². The lowest BCUT2D eigenvalue weighted by Crippen LogP contribution is -2.33. The molecule has 1 aromatic heterocycles. The van der Waals surface area contributed by atoms with Crippen LogP contribution >= 0.6 is 0 Å². The summed E-state index contributed by atoms with van der Waals surface area (Å²) in [6.45, 7) is 7.41. The summed E-state index contributed by atoms with van der Waals surface area (Å²) in [6, 6.07) is 21.6. The van der Waals surface area contributed by atoms with Gasteiger partial charge in [0, 0.05) is 42.2 Å². The fourth-order valence-electron chi connectivity index (χ4n) is 5.58. The molecule has 0 unspecified atom stereocenters. The van der Waals surface area contributed by atoms with E-state index in [-0.39, 0.29) is 11.3 Å². The summed E-state index contributed by atoms with van der Waals surface area (Å²) in [5.74, 6) is 0.218. The van der Waals surface area contributed by atoms with Crippen molar-refractivity contribution < 1.29 is 4.79 Å². The predicted molar refractivity (Wildman–Crippen MR) is 122 cm³/mol. The lowest BCUT2D eigenvalue weighted by molar-refractivity contribution is 0.0877. The molecule has 0 amide bonds. The molecule has 150 valence electrons. The fraction of sp³-hybridized carbons (Fsp3) is 0.296. The van der Waals surface area contributed by atoms with Crippen LogP contribution in [0.5, 0.6) is 0 Å². The Bertz CT molecular complexity index is 1310. The van der Waals surface area contributed by atoms with Crippen molar-refractivity contribution in [1.29, 1.82) is 0 Å². The van der Waals surface area contributed by atoms with Crippen LogP contribution in [0.3, 0.4) is 0 Å². The van der Waals surface area contributed by atoms with Crippen molar-refractivity contribution in [3.05, 3.63) is 82.9 Å². The zero-order valence-electron chi connectivity index (χ0n) is 17.6. The smallest absolute Gasteiger partial charge is 0.232 e. The molecule has 4 aromatic rings. The Morgan fingerprint density at radius 1 is 1.00 bits per heavy atom. The second-order valence-corrected chi connectivity index (χ2v) is 9.54. The predicted octanol–water partition coefficient (Wildman–Crippen LogP) is 5.67. The molecule has 0 aliphatic carbocycles. The highest BCUT2D eigenvalue weighted by Crippen LogP contribution is 2.45. The molecule has 3 heterocycles. The molecule has 2 aliphatic heterocycles. The van der Waals surface area contributed by atoms with Crippen LogP contribution in [-0.2, 0) is 24.9 Å². The highest BCUT2D eigenvalue weighted by molar-refractivity contribution is 6.17. The number of para-hydroxylation sites is 1. The second kappa shape index (κ2) is 6.29. The highest BCUT2D eigenvalue weighted by atomic mass is 16.2. The molecule has 0 N–H and O–H groups in total. The van der Waals surface area contributed by atoms with E-state index in [0.29, 0.717) is 6.42 Å². The number of fused-ring (bicyclic) bond motifs is 5. The lowest BCUT2D eigenvalue weighted by atomic mass is 9.76. The van der Waals surface area contributed by atoms with E-state index in [9.17, 15) is 4.79 Å². The average molecular weight is 395 g/mol. The molecule has 0 atom stereocenters. The van der Waals surface area contributed by atoms with Gasteiger partial charge in [0.1, 0.15) is 0 Å². The SMILES string of the molecule is CC1(C)CC(=O)n2c3ccccc3c3c4c(cc1c32)CCN(Cc1ccccc1)C4. The van der Waals surface area contributed by atoms with Gasteiger partial charge < -0.3 is 0 Å². The Morgan fingerprint density at radius 3 is 2.60 bits per heavy atom. The van der Waals surface area contributed by atoms with E-state index in [2.05, 4.69) is 73.3 Å². The van der Waals surface area contributed by atoms with Gasteiger partial charge in [-0.3, -0.25) is 14.3 Å². The van der Waals surface area contributed by atoms with Crippen molar-refractivity contribution >= 4 is 27.7 Å². The number of nitrogens with zero attached hydrogens (tertiary/aromatic N) is 2. The molecule has 0 saturated carbocycles. The average Bonchev–Trinajstić information content (AvgIpc) is 3.09. The Kier molecular flexibility index (Phi) is 3.76. The molecule has 3 nitrogen and oxygen atoms in total. The van der Waals surface area contributed by atoms with Crippen molar-refractivity contribution in [2.24, 2.45) is 0 Å². The summed E-state index contributed by atoms with van der Waals surface area (Å²) < 4.78 is 2.00. The molecule has 0 fully saturated rings. The minimum absolute atomic E-state index is 0.129. The van der Waals surface area contributed by atoms with E-state index < -0.39 is 0 Å². The van der Waals surface area contributed by atoms with Gasteiger partial charge in [-0.15, -0.1) is 0 Å². The number of carbonyl (C=O) groups excluding carboxylic acids is 1. The number of hydrogen-bond donors (Lipinski definition) is 0. The molecule has 0 radical (unpaired) electrons. The summed E-state index contributed by atoms with van der Waals surface area (Å²) in [4.78, 5) is 15.7. The number of hydrogen-bond acceptors (Lipinski definition) is 2. The molecular weight excluding hydrogens is 368 g/mol. The van der Waals surface area contributed by atoms with Gasteiger partial charge in [-0.25, -0.2) is 0 Å². The first-order valence-electron chi connectivity index (χ1n) is 10.9. The van der Waals surface area contributed by atoms with Crippen LogP contribution in [0, 0.1) is 0 Å². The highest BCUT2D eigenvalue weighted by Gasteiger charge is 2.37. The molecule has 0 bridgehead atoms. The van der Waals surface area contributed by atoms with Gasteiger partial charge in [0.2, 0.25) is 5.91 Å². The third kappa shape index (κ3) is 2.51. The van der Waals surface area contributed by atoms with E-state index in [1.807, 2.05) is 10.6 Å². The maximum absolute atomic E-state index is 13.2. The molecule has 3 heteroatoms. The maximum atomic E-state index is 13.2. The number of benzene rings is 3. The van der Waals surface area contributed by atoms with Crippen LogP contribution in [0.15, 0.2) is 60.7 Å². The zero-order chi connectivity index (χ0) is 20.5. The maximum Gasteiger partial charge on any atom is 0.232 e. The van der Waals surface area contributed by atoms with Crippen molar-refractivity contribution in [3.8, 4) is 0 Å². The summed E-state index contributed by atoms with van der Waals surface area (Å²) in [6.07, 6.45) is 1.63. The van der Waals surface area contributed by atoms with Crippen molar-refractivity contribution in [2.45, 2.75) is 45.2 Å². The minimum Gasteiger partial charge on any atom is -0.294 e. The standard InChI is InChI=1S/C27H26N2O/c1-27(2)15-24(30)29-23-11-7-6-10-20(23)25-21-17-28(16-18-8-4-3-5-9-18)13-12-19(21)14-22(27)26(25)29/h3-11,14H,12-13,15-17H2,1-2H3. The molecule has 30 heavy (non-hydrogen) atoms. The molecule has 0 spiro atoms. The van der Waals surface area contributed by atoms with Crippen LogP contribution in [-0.4, -0.2) is 21.9 Å². The Hall–Kier alpha value is -2.91. The minimum atomic E-state index is -0.129. The van der Waals surface area contributed by atoms with E-state index in [0.717, 1.165) is 37.1 Å². The molecule has 0 saturated heterocycles. The van der Waals surface area contributed by atoms with Crippen molar-refractivity contribution in [1.82, 2.24) is 9.47 Å². The number of rotatable bonds is 2. The normalized spacial score (nSPS) is 18.1. The summed E-state index contributed by atoms with van der Waals surface area (Å²) in [7, 11) is 0. The zero-order valence-corrected chi connectivity index (χ0v) is 17.6. The molecule has 6 rings (SSSR count). The first-order valence-corrected chi connectivity index (χ1v) is 10.9. The number of carbonyl (C=O) groups is 1. The van der Waals surface area contributed by atoms with Crippen LogP contribution in [0.4, 0.5) is 0 Å². The van der Waals surface area contributed by atoms with Crippen LogP contribution in [0.25, 0.3) is 21.8 Å². The molecule has 2 aliphatic rings. The Balaban J connectivity index is 1.59. The largest absolute Gasteiger partial charge is 0.294 e. The summed E-state index contributed by atoms with van der Waals surface area (Å²) >= 11 is 0. The molecular formula is C27H26N2O. The summed E-state index contributed by atoms with van der Waals surface area (Å²) in [5, 5.41) is 2.52. The quantitative estimate of drug-likeness (QED) is 0.437. The van der Waals surface area contributed by atoms with Gasteiger partial charge in [0.25, 0.3) is 0 Å². The van der Waals surface area contributed by atoms with Crippen LogP contribution < -0.4 is 0 Å². The Morgan fingerprint density at radius 2 is 1.77 bits per heavy atom. The fourth-order valence-corrected chi connectivity index (χ4v) is 5.58. The number of aromatic nitrogens is 1. The van der Waals surface area contributed by atoms with Gasteiger partial charge in [0.15, 0.2) is 0 Å². The third-order valence-corrected chi connectivity index (χ3v) is 7.04. The van der Waals surface area contributed by atoms with Gasteiger partial charge >= 0.3 is 0 Å². The van der Waals surface area contributed by atoms with Gasteiger partial charge in [-0.2, -0.15) is 0 Å². The van der Waals surface area contributed by atoms with Gasteiger partial charge in [-0.1, -0.05) is 68.4 Å². The topological polar surface area (TPSA) is 25.2 Å². The van der Waals surface area contributed by atoms with Gasteiger partial charge in [-0.05, 0) is 34.7 Å². The summed E-state index contributed by atoms with van der Waals surface area (Å²) in [5.41, 5.74) is 7.65.